The number of hydrogen-bond donors (Lipinski definition) is 0. The van der Waals surface area contributed by atoms with Gasteiger partial charge < -0.3 is 14.7 Å². The zero-order valence-electron chi connectivity index (χ0n) is 17.4. The number of benzene rings is 1. The third-order valence-electron chi connectivity index (χ3n) is 7.07. The Balaban J connectivity index is 1.27. The van der Waals surface area contributed by atoms with Crippen LogP contribution >= 0.6 is 11.6 Å². The highest BCUT2D eigenvalue weighted by atomic mass is 35.5. The maximum atomic E-state index is 13.2. The molecule has 0 unspecified atom stereocenters. The molecule has 2 amide bonds. The number of halogens is 1. The Bertz CT molecular complexity index is 748. The van der Waals surface area contributed by atoms with E-state index in [4.69, 9.17) is 11.6 Å². The molecule has 158 valence electrons. The van der Waals surface area contributed by atoms with Crippen molar-refractivity contribution in [1.29, 1.82) is 0 Å². The Labute approximate surface area is 179 Å². The minimum atomic E-state index is -0.355. The van der Waals surface area contributed by atoms with Crippen LogP contribution in [0, 0.1) is 5.92 Å². The molecule has 6 heteroatoms. The second kappa shape index (κ2) is 8.65. The smallest absolute Gasteiger partial charge is 0.233 e. The maximum absolute atomic E-state index is 13.2. The van der Waals surface area contributed by atoms with Crippen LogP contribution in [0.1, 0.15) is 44.6 Å². The summed E-state index contributed by atoms with van der Waals surface area (Å²) in [4.78, 5) is 32.4. The first-order chi connectivity index (χ1) is 14.0. The first kappa shape index (κ1) is 20.7. The second-order valence-electron chi connectivity index (χ2n) is 8.85. The number of carbonyl (C=O) groups excluding carboxylic acids is 2. The van der Waals surface area contributed by atoms with Crippen LogP contribution in [0.3, 0.4) is 0 Å². The summed E-state index contributed by atoms with van der Waals surface area (Å²) in [6.07, 6.45) is 4.31. The fraction of sp³-hybridized carbons (Fsp3) is 0.652. The van der Waals surface area contributed by atoms with Gasteiger partial charge in [-0.3, -0.25) is 9.59 Å². The van der Waals surface area contributed by atoms with Crippen LogP contribution in [-0.4, -0.2) is 72.3 Å². The lowest BCUT2D eigenvalue weighted by Crippen LogP contribution is -2.49. The minimum Gasteiger partial charge on any atom is -0.342 e. The van der Waals surface area contributed by atoms with Gasteiger partial charge in [0.1, 0.15) is 0 Å². The Morgan fingerprint density at radius 3 is 2.31 bits per heavy atom. The molecule has 3 fully saturated rings. The molecule has 29 heavy (non-hydrogen) atoms. The van der Waals surface area contributed by atoms with Crippen LogP contribution in [0.2, 0.25) is 5.02 Å². The molecule has 1 aliphatic carbocycles. The monoisotopic (exact) mass is 417 g/mol. The molecular formula is C23H32ClN3O2. The van der Waals surface area contributed by atoms with Gasteiger partial charge in [-0.15, -0.1) is 0 Å². The molecule has 1 aromatic carbocycles. The van der Waals surface area contributed by atoms with Crippen LogP contribution in [-0.2, 0) is 15.0 Å². The van der Waals surface area contributed by atoms with Gasteiger partial charge in [0.25, 0.3) is 0 Å². The van der Waals surface area contributed by atoms with Crippen molar-refractivity contribution in [3.8, 4) is 0 Å². The van der Waals surface area contributed by atoms with Crippen molar-refractivity contribution in [3.63, 3.8) is 0 Å². The van der Waals surface area contributed by atoms with E-state index in [-0.39, 0.29) is 11.3 Å². The molecular weight excluding hydrogens is 386 g/mol. The summed E-state index contributed by atoms with van der Waals surface area (Å²) in [5, 5.41) is 0.693. The van der Waals surface area contributed by atoms with Crippen LogP contribution in [0.25, 0.3) is 0 Å². The highest BCUT2D eigenvalue weighted by Gasteiger charge is 2.53. The van der Waals surface area contributed by atoms with Crippen molar-refractivity contribution in [1.82, 2.24) is 14.7 Å². The lowest BCUT2D eigenvalue weighted by Gasteiger charge is -2.37. The molecule has 4 rings (SSSR count). The standard InChI is InChI=1S/C23H32ClN3O2/c1-2-25-12-14-26(15-13-25)21(28)16-18-6-10-27(11-7-18)22(29)23(8-9-23)19-4-3-5-20(24)17-19/h3-5,17-18H,2,6-16H2,1H3. The van der Waals surface area contributed by atoms with E-state index in [0.29, 0.717) is 23.3 Å². The van der Waals surface area contributed by atoms with E-state index in [2.05, 4.69) is 11.8 Å². The van der Waals surface area contributed by atoms with E-state index in [9.17, 15) is 9.59 Å². The van der Waals surface area contributed by atoms with Gasteiger partial charge in [-0.25, -0.2) is 0 Å². The summed E-state index contributed by atoms with van der Waals surface area (Å²) < 4.78 is 0. The van der Waals surface area contributed by atoms with Crippen LogP contribution in [0.5, 0.6) is 0 Å². The first-order valence-electron chi connectivity index (χ1n) is 11.1. The van der Waals surface area contributed by atoms with E-state index >= 15 is 0 Å². The summed E-state index contributed by atoms with van der Waals surface area (Å²) in [5.41, 5.74) is 0.700. The Hall–Kier alpha value is -1.59. The van der Waals surface area contributed by atoms with E-state index in [1.165, 1.54) is 0 Å². The number of piperidine rings is 1. The predicted octanol–water partition coefficient (Wildman–Crippen LogP) is 3.16. The van der Waals surface area contributed by atoms with Crippen molar-refractivity contribution in [2.75, 3.05) is 45.8 Å². The second-order valence-corrected chi connectivity index (χ2v) is 9.28. The Morgan fingerprint density at radius 2 is 1.72 bits per heavy atom. The number of carbonyl (C=O) groups is 2. The lowest BCUT2D eigenvalue weighted by molar-refractivity contribution is -0.136. The average molecular weight is 418 g/mol. The molecule has 2 aliphatic heterocycles. The molecule has 0 radical (unpaired) electrons. The minimum absolute atomic E-state index is 0.250. The molecule has 0 bridgehead atoms. The Kier molecular flexibility index (Phi) is 6.16. The fourth-order valence-corrected chi connectivity index (χ4v) is 5.06. The molecule has 0 spiro atoms. The van der Waals surface area contributed by atoms with Gasteiger partial charge in [0.05, 0.1) is 5.41 Å². The zero-order chi connectivity index (χ0) is 20.4. The van der Waals surface area contributed by atoms with E-state index < -0.39 is 0 Å². The highest BCUT2D eigenvalue weighted by molar-refractivity contribution is 6.30. The molecule has 1 saturated carbocycles. The van der Waals surface area contributed by atoms with Gasteiger partial charge in [-0.1, -0.05) is 30.7 Å². The quantitative estimate of drug-likeness (QED) is 0.739. The van der Waals surface area contributed by atoms with Crippen molar-refractivity contribution in [2.45, 2.75) is 44.4 Å². The SMILES string of the molecule is CCN1CCN(C(=O)CC2CCN(C(=O)C3(c4cccc(Cl)c4)CC3)CC2)CC1. The van der Waals surface area contributed by atoms with Gasteiger partial charge in [0.2, 0.25) is 11.8 Å². The molecule has 5 nitrogen and oxygen atoms in total. The third kappa shape index (κ3) is 4.46. The van der Waals surface area contributed by atoms with Gasteiger partial charge in [-0.05, 0) is 55.8 Å². The lowest BCUT2D eigenvalue weighted by atomic mass is 9.89. The number of likely N-dealkylation sites (tertiary alicyclic amines) is 1. The van der Waals surface area contributed by atoms with Crippen molar-refractivity contribution in [2.24, 2.45) is 5.92 Å². The first-order valence-corrected chi connectivity index (χ1v) is 11.4. The summed E-state index contributed by atoms with van der Waals surface area (Å²) in [5.74, 6) is 0.945. The van der Waals surface area contributed by atoms with Gasteiger partial charge in [0.15, 0.2) is 0 Å². The number of rotatable bonds is 5. The van der Waals surface area contributed by atoms with Gasteiger partial charge in [-0.2, -0.15) is 0 Å². The van der Waals surface area contributed by atoms with Crippen LogP contribution in [0.15, 0.2) is 24.3 Å². The zero-order valence-corrected chi connectivity index (χ0v) is 18.2. The number of piperazine rings is 1. The molecule has 3 aliphatic rings. The summed E-state index contributed by atoms with van der Waals surface area (Å²) in [6.45, 7) is 8.45. The van der Waals surface area contributed by atoms with E-state index in [0.717, 1.165) is 77.1 Å². The van der Waals surface area contributed by atoms with E-state index in [1.807, 2.05) is 34.1 Å². The highest BCUT2D eigenvalue weighted by Crippen LogP contribution is 2.50. The number of hydrogen-bond acceptors (Lipinski definition) is 3. The van der Waals surface area contributed by atoms with Crippen molar-refractivity contribution >= 4 is 23.4 Å². The van der Waals surface area contributed by atoms with Crippen molar-refractivity contribution < 1.29 is 9.59 Å². The molecule has 0 N–H and O–H groups in total. The van der Waals surface area contributed by atoms with Crippen molar-refractivity contribution in [3.05, 3.63) is 34.9 Å². The number of nitrogens with zero attached hydrogens (tertiary/aromatic N) is 3. The normalized spacial score (nSPS) is 22.6. The Morgan fingerprint density at radius 1 is 1.03 bits per heavy atom. The molecule has 0 aromatic heterocycles. The van der Waals surface area contributed by atoms with Gasteiger partial charge in [0, 0.05) is 50.7 Å². The van der Waals surface area contributed by atoms with Gasteiger partial charge >= 0.3 is 0 Å². The third-order valence-corrected chi connectivity index (χ3v) is 7.31. The summed E-state index contributed by atoms with van der Waals surface area (Å²) in [6, 6.07) is 7.76. The molecule has 1 aromatic rings. The summed E-state index contributed by atoms with van der Waals surface area (Å²) >= 11 is 6.15. The molecule has 2 saturated heterocycles. The molecule has 0 atom stereocenters. The topological polar surface area (TPSA) is 43.9 Å². The summed E-state index contributed by atoms with van der Waals surface area (Å²) in [7, 11) is 0. The van der Waals surface area contributed by atoms with Crippen LogP contribution in [0.4, 0.5) is 0 Å². The van der Waals surface area contributed by atoms with Crippen LogP contribution < -0.4 is 0 Å². The molecule has 2 heterocycles. The predicted molar refractivity (Wildman–Crippen MR) is 115 cm³/mol. The largest absolute Gasteiger partial charge is 0.342 e. The number of amides is 2. The number of likely N-dealkylation sites (N-methyl/N-ethyl adjacent to an activating group) is 1. The fourth-order valence-electron chi connectivity index (χ4n) is 4.87. The average Bonchev–Trinajstić information content (AvgIpc) is 3.56. The maximum Gasteiger partial charge on any atom is 0.233 e. The van der Waals surface area contributed by atoms with E-state index in [1.54, 1.807) is 0 Å².